The first-order valence-electron chi connectivity index (χ1n) is 8.46. The highest BCUT2D eigenvalue weighted by molar-refractivity contribution is 5.76. The fourth-order valence-electron chi connectivity index (χ4n) is 2.66. The summed E-state index contributed by atoms with van der Waals surface area (Å²) in [6.07, 6.45) is 0.420. The van der Waals surface area contributed by atoms with Gasteiger partial charge >= 0.3 is 5.97 Å². The number of phenolic OH excluding ortho intramolecular Hbond substituents is 1. The summed E-state index contributed by atoms with van der Waals surface area (Å²) in [6.45, 7) is 0.229. The predicted molar refractivity (Wildman–Crippen MR) is 101 cm³/mol. The van der Waals surface area contributed by atoms with Gasteiger partial charge < -0.3 is 15.6 Å². The van der Waals surface area contributed by atoms with E-state index in [1.54, 1.807) is 12.1 Å². The molecule has 0 amide bonds. The third kappa shape index (κ3) is 4.71. The summed E-state index contributed by atoms with van der Waals surface area (Å²) in [6, 6.07) is 23.7. The van der Waals surface area contributed by atoms with Gasteiger partial charge in [-0.05, 0) is 40.8 Å². The van der Waals surface area contributed by atoms with Gasteiger partial charge in [-0.25, -0.2) is 0 Å². The zero-order valence-electron chi connectivity index (χ0n) is 14.3. The molecule has 3 N–H and O–H groups in total. The number of nitrogens with two attached hydrogens (primary N) is 1. The van der Waals surface area contributed by atoms with Gasteiger partial charge in [0.2, 0.25) is 0 Å². The van der Waals surface area contributed by atoms with Crippen LogP contribution in [0.25, 0.3) is 11.1 Å². The average Bonchev–Trinajstić information content (AvgIpc) is 2.68. The molecule has 0 radical (unpaired) electrons. The molecule has 3 aromatic carbocycles. The largest absolute Gasteiger partial charge is 0.508 e. The number of hydrogen-bond acceptors (Lipinski definition) is 4. The summed E-state index contributed by atoms with van der Waals surface area (Å²) in [7, 11) is 0. The molecule has 1 atom stereocenters. The molecule has 0 fully saturated rings. The Morgan fingerprint density at radius 3 is 2.04 bits per heavy atom. The molecule has 0 spiro atoms. The van der Waals surface area contributed by atoms with Crippen LogP contribution in [-0.2, 0) is 22.6 Å². The predicted octanol–water partition coefficient (Wildman–Crippen LogP) is 3.67. The molecule has 0 bridgehead atoms. The molecule has 0 aliphatic heterocycles. The molecule has 0 heterocycles. The van der Waals surface area contributed by atoms with Gasteiger partial charge in [-0.2, -0.15) is 0 Å². The van der Waals surface area contributed by atoms with Crippen LogP contribution in [-0.4, -0.2) is 17.1 Å². The van der Waals surface area contributed by atoms with E-state index < -0.39 is 12.0 Å². The molecule has 0 aliphatic rings. The summed E-state index contributed by atoms with van der Waals surface area (Å²) in [4.78, 5) is 12.1. The lowest BCUT2D eigenvalue weighted by Crippen LogP contribution is -2.34. The highest BCUT2D eigenvalue weighted by atomic mass is 16.5. The van der Waals surface area contributed by atoms with Crippen LogP contribution >= 0.6 is 0 Å². The lowest BCUT2D eigenvalue weighted by molar-refractivity contribution is -0.146. The zero-order valence-corrected chi connectivity index (χ0v) is 14.3. The second-order valence-corrected chi connectivity index (χ2v) is 6.15. The van der Waals surface area contributed by atoms with Crippen LogP contribution in [0.15, 0.2) is 78.9 Å². The van der Waals surface area contributed by atoms with Crippen LogP contribution in [0.3, 0.4) is 0 Å². The molecule has 4 heteroatoms. The second-order valence-electron chi connectivity index (χ2n) is 6.15. The molecule has 0 aliphatic carbocycles. The molecule has 26 heavy (non-hydrogen) atoms. The second kappa shape index (κ2) is 8.32. The zero-order chi connectivity index (χ0) is 18.4. The molecule has 0 saturated carbocycles. The highest BCUT2D eigenvalue weighted by Gasteiger charge is 2.16. The van der Waals surface area contributed by atoms with E-state index in [1.807, 2.05) is 66.7 Å². The third-order valence-electron chi connectivity index (χ3n) is 4.14. The molecule has 0 saturated heterocycles. The van der Waals surface area contributed by atoms with Crippen molar-refractivity contribution in [2.45, 2.75) is 19.1 Å². The SMILES string of the molecule is N[C@@H](Cc1ccc(-c2ccc(O)cc2)cc1)C(=O)OCc1ccccc1. The Kier molecular flexibility index (Phi) is 5.66. The molecule has 0 aromatic heterocycles. The van der Waals surface area contributed by atoms with E-state index in [4.69, 9.17) is 10.5 Å². The lowest BCUT2D eigenvalue weighted by Gasteiger charge is -2.12. The van der Waals surface area contributed by atoms with Crippen molar-refractivity contribution in [3.05, 3.63) is 90.0 Å². The fourth-order valence-corrected chi connectivity index (χ4v) is 2.66. The maximum absolute atomic E-state index is 12.1. The summed E-state index contributed by atoms with van der Waals surface area (Å²) < 4.78 is 5.28. The van der Waals surface area contributed by atoms with E-state index in [0.717, 1.165) is 22.3 Å². The number of phenols is 1. The van der Waals surface area contributed by atoms with Crippen LogP contribution in [0.1, 0.15) is 11.1 Å². The number of hydrogen-bond donors (Lipinski definition) is 2. The van der Waals surface area contributed by atoms with Crippen LogP contribution in [0.4, 0.5) is 0 Å². The quantitative estimate of drug-likeness (QED) is 0.667. The fraction of sp³-hybridized carbons (Fsp3) is 0.136. The Morgan fingerprint density at radius 2 is 1.42 bits per heavy atom. The summed E-state index contributed by atoms with van der Waals surface area (Å²) in [5, 5.41) is 9.36. The Balaban J connectivity index is 1.56. The van der Waals surface area contributed by atoms with Crippen molar-refractivity contribution in [1.82, 2.24) is 0 Å². The minimum Gasteiger partial charge on any atom is -0.508 e. The van der Waals surface area contributed by atoms with Crippen molar-refractivity contribution in [1.29, 1.82) is 0 Å². The van der Waals surface area contributed by atoms with Gasteiger partial charge in [-0.1, -0.05) is 66.7 Å². The summed E-state index contributed by atoms with van der Waals surface area (Å²) >= 11 is 0. The Labute approximate surface area is 152 Å². The summed E-state index contributed by atoms with van der Waals surface area (Å²) in [5.41, 5.74) is 9.93. The van der Waals surface area contributed by atoms with Crippen LogP contribution in [0.5, 0.6) is 5.75 Å². The van der Waals surface area contributed by atoms with Crippen molar-refractivity contribution in [2.24, 2.45) is 5.73 Å². The van der Waals surface area contributed by atoms with Gasteiger partial charge in [0.05, 0.1) is 0 Å². The maximum atomic E-state index is 12.1. The number of ether oxygens (including phenoxy) is 1. The van der Waals surface area contributed by atoms with Crippen molar-refractivity contribution < 1.29 is 14.6 Å². The van der Waals surface area contributed by atoms with E-state index in [2.05, 4.69) is 0 Å². The van der Waals surface area contributed by atoms with Crippen LogP contribution in [0, 0.1) is 0 Å². The Morgan fingerprint density at radius 1 is 0.846 bits per heavy atom. The van der Waals surface area contributed by atoms with E-state index >= 15 is 0 Å². The number of rotatable bonds is 6. The maximum Gasteiger partial charge on any atom is 0.323 e. The number of esters is 1. The molecular formula is C22H21NO3. The monoisotopic (exact) mass is 347 g/mol. The minimum absolute atomic E-state index is 0.229. The van der Waals surface area contributed by atoms with E-state index in [1.165, 1.54) is 0 Å². The van der Waals surface area contributed by atoms with E-state index in [9.17, 15) is 9.90 Å². The first kappa shape index (κ1) is 17.7. The minimum atomic E-state index is -0.696. The van der Waals surface area contributed by atoms with Gasteiger partial charge in [0.25, 0.3) is 0 Å². The normalized spacial score (nSPS) is 11.7. The average molecular weight is 347 g/mol. The van der Waals surface area contributed by atoms with Crippen LogP contribution in [0.2, 0.25) is 0 Å². The molecule has 3 rings (SSSR count). The van der Waals surface area contributed by atoms with Crippen molar-refractivity contribution in [3.8, 4) is 16.9 Å². The molecular weight excluding hydrogens is 326 g/mol. The molecule has 4 nitrogen and oxygen atoms in total. The van der Waals surface area contributed by atoms with Gasteiger partial charge in [0.1, 0.15) is 18.4 Å². The van der Waals surface area contributed by atoms with Crippen molar-refractivity contribution in [2.75, 3.05) is 0 Å². The molecule has 0 unspecified atom stereocenters. The van der Waals surface area contributed by atoms with Gasteiger partial charge in [-0.15, -0.1) is 0 Å². The Bertz CT molecular complexity index is 843. The van der Waals surface area contributed by atoms with Crippen LogP contribution < -0.4 is 5.73 Å². The molecule has 3 aromatic rings. The third-order valence-corrected chi connectivity index (χ3v) is 4.14. The standard InChI is InChI=1S/C22H21NO3/c23-21(22(25)26-15-17-4-2-1-3-5-17)14-16-6-8-18(9-7-16)19-10-12-20(24)13-11-19/h1-13,21,24H,14-15,23H2/t21-/m0/s1. The smallest absolute Gasteiger partial charge is 0.323 e. The highest BCUT2D eigenvalue weighted by Crippen LogP contribution is 2.22. The Hall–Kier alpha value is -3.11. The van der Waals surface area contributed by atoms with Gasteiger partial charge in [0.15, 0.2) is 0 Å². The first-order chi connectivity index (χ1) is 12.6. The van der Waals surface area contributed by atoms with Gasteiger partial charge in [0, 0.05) is 0 Å². The molecule has 132 valence electrons. The number of aromatic hydroxyl groups is 1. The topological polar surface area (TPSA) is 72.5 Å². The van der Waals surface area contributed by atoms with Crippen molar-refractivity contribution >= 4 is 5.97 Å². The van der Waals surface area contributed by atoms with Crippen molar-refractivity contribution in [3.63, 3.8) is 0 Å². The number of carbonyl (C=O) groups excluding carboxylic acids is 1. The van der Waals surface area contributed by atoms with E-state index in [-0.39, 0.29) is 12.4 Å². The first-order valence-corrected chi connectivity index (χ1v) is 8.46. The number of carbonyl (C=O) groups is 1. The lowest BCUT2D eigenvalue weighted by atomic mass is 10.0. The summed E-state index contributed by atoms with van der Waals surface area (Å²) in [5.74, 6) is -0.165. The number of benzene rings is 3. The van der Waals surface area contributed by atoms with E-state index in [0.29, 0.717) is 6.42 Å². The van der Waals surface area contributed by atoms with Gasteiger partial charge in [-0.3, -0.25) is 4.79 Å².